The summed E-state index contributed by atoms with van der Waals surface area (Å²) in [5, 5.41) is 0. The molecule has 0 radical (unpaired) electrons. The number of hydrogen-bond acceptors (Lipinski definition) is 2. The molecule has 0 unspecified atom stereocenters. The van der Waals surface area contributed by atoms with Crippen LogP contribution in [0.1, 0.15) is 36.0 Å². The monoisotopic (exact) mass is 334 g/mol. The van der Waals surface area contributed by atoms with E-state index in [0.717, 1.165) is 49.8 Å². The van der Waals surface area contributed by atoms with Crippen LogP contribution in [-0.2, 0) is 0 Å². The second-order valence-electron chi connectivity index (χ2n) is 7.21. The van der Waals surface area contributed by atoms with Crippen LogP contribution in [0.3, 0.4) is 0 Å². The van der Waals surface area contributed by atoms with Crippen molar-refractivity contribution in [3.8, 4) is 11.1 Å². The molecule has 0 spiro atoms. The van der Waals surface area contributed by atoms with Crippen molar-refractivity contribution in [3.63, 3.8) is 0 Å². The standard InChI is InChI=1S/C22H26N2O/c25-22(24-15-5-14-23(16-17-24)21-8-4-9-21)20-12-10-19(11-13-20)18-6-2-1-3-7-18/h1-3,6-7,10-13,21H,4-5,8-9,14-17H2. The highest BCUT2D eigenvalue weighted by Crippen LogP contribution is 2.26. The molecule has 3 heteroatoms. The highest BCUT2D eigenvalue weighted by molar-refractivity contribution is 5.94. The van der Waals surface area contributed by atoms with E-state index in [9.17, 15) is 4.79 Å². The summed E-state index contributed by atoms with van der Waals surface area (Å²) in [5.41, 5.74) is 3.15. The van der Waals surface area contributed by atoms with Crippen LogP contribution in [0.4, 0.5) is 0 Å². The molecule has 1 heterocycles. The van der Waals surface area contributed by atoms with Gasteiger partial charge in [0.25, 0.3) is 5.91 Å². The Hall–Kier alpha value is -2.13. The fourth-order valence-electron chi connectivity index (χ4n) is 3.88. The van der Waals surface area contributed by atoms with Gasteiger partial charge in [-0.3, -0.25) is 9.69 Å². The Labute approximate surface area is 150 Å². The van der Waals surface area contributed by atoms with Crippen molar-refractivity contribution < 1.29 is 4.79 Å². The van der Waals surface area contributed by atoms with Crippen molar-refractivity contribution >= 4 is 5.91 Å². The van der Waals surface area contributed by atoms with E-state index in [0.29, 0.717) is 0 Å². The Morgan fingerprint density at radius 3 is 2.16 bits per heavy atom. The highest BCUT2D eigenvalue weighted by atomic mass is 16.2. The van der Waals surface area contributed by atoms with Crippen LogP contribution in [0.15, 0.2) is 54.6 Å². The van der Waals surface area contributed by atoms with Crippen molar-refractivity contribution in [2.45, 2.75) is 31.7 Å². The smallest absolute Gasteiger partial charge is 0.253 e. The molecular weight excluding hydrogens is 308 g/mol. The first-order valence-corrected chi connectivity index (χ1v) is 9.50. The van der Waals surface area contributed by atoms with Gasteiger partial charge in [-0.05, 0) is 42.5 Å². The van der Waals surface area contributed by atoms with E-state index >= 15 is 0 Å². The maximum Gasteiger partial charge on any atom is 0.253 e. The topological polar surface area (TPSA) is 23.6 Å². The maximum absolute atomic E-state index is 12.9. The molecule has 0 N–H and O–H groups in total. The minimum atomic E-state index is 0.176. The molecule has 25 heavy (non-hydrogen) atoms. The third-order valence-corrected chi connectivity index (χ3v) is 5.65. The first kappa shape index (κ1) is 16.3. The van der Waals surface area contributed by atoms with Crippen LogP contribution >= 0.6 is 0 Å². The van der Waals surface area contributed by atoms with Gasteiger partial charge in [-0.2, -0.15) is 0 Å². The molecule has 0 atom stereocenters. The van der Waals surface area contributed by atoms with Gasteiger partial charge in [0.1, 0.15) is 0 Å². The van der Waals surface area contributed by atoms with Gasteiger partial charge in [0.2, 0.25) is 0 Å². The predicted octanol–water partition coefficient (Wildman–Crippen LogP) is 4.05. The van der Waals surface area contributed by atoms with E-state index in [4.69, 9.17) is 0 Å². The molecule has 2 aromatic carbocycles. The lowest BCUT2D eigenvalue weighted by Gasteiger charge is -2.36. The molecule has 1 aliphatic carbocycles. The molecule has 4 rings (SSSR count). The fourth-order valence-corrected chi connectivity index (χ4v) is 3.88. The summed E-state index contributed by atoms with van der Waals surface area (Å²) in [5.74, 6) is 0.176. The summed E-state index contributed by atoms with van der Waals surface area (Å²) in [7, 11) is 0. The average molecular weight is 334 g/mol. The number of carbonyl (C=O) groups is 1. The second kappa shape index (κ2) is 7.40. The van der Waals surface area contributed by atoms with E-state index in [1.165, 1.54) is 24.8 Å². The van der Waals surface area contributed by atoms with Gasteiger partial charge in [-0.15, -0.1) is 0 Å². The number of carbonyl (C=O) groups excluding carboxylic acids is 1. The fraction of sp³-hybridized carbons (Fsp3) is 0.409. The minimum absolute atomic E-state index is 0.176. The maximum atomic E-state index is 12.9. The Balaban J connectivity index is 1.42. The summed E-state index contributed by atoms with van der Waals surface area (Å²) in [4.78, 5) is 17.5. The van der Waals surface area contributed by atoms with Crippen LogP contribution in [0.2, 0.25) is 0 Å². The quantitative estimate of drug-likeness (QED) is 0.845. The van der Waals surface area contributed by atoms with E-state index in [1.807, 2.05) is 35.2 Å². The highest BCUT2D eigenvalue weighted by Gasteiger charge is 2.27. The Morgan fingerprint density at radius 1 is 0.760 bits per heavy atom. The first-order chi connectivity index (χ1) is 12.3. The lowest BCUT2D eigenvalue weighted by molar-refractivity contribution is 0.0749. The zero-order chi connectivity index (χ0) is 17.1. The zero-order valence-electron chi connectivity index (χ0n) is 14.7. The normalized spacial score (nSPS) is 19.3. The first-order valence-electron chi connectivity index (χ1n) is 9.50. The number of nitrogens with zero attached hydrogens (tertiary/aromatic N) is 2. The van der Waals surface area contributed by atoms with Crippen molar-refractivity contribution in [1.29, 1.82) is 0 Å². The van der Waals surface area contributed by atoms with Crippen LogP contribution < -0.4 is 0 Å². The molecule has 1 saturated heterocycles. The van der Waals surface area contributed by atoms with Gasteiger partial charge in [-0.1, -0.05) is 48.9 Å². The van der Waals surface area contributed by atoms with Crippen molar-refractivity contribution in [2.75, 3.05) is 26.2 Å². The molecule has 1 aliphatic heterocycles. The minimum Gasteiger partial charge on any atom is -0.337 e. The van der Waals surface area contributed by atoms with Gasteiger partial charge in [0, 0.05) is 37.8 Å². The van der Waals surface area contributed by atoms with Crippen molar-refractivity contribution in [3.05, 3.63) is 60.2 Å². The van der Waals surface area contributed by atoms with Gasteiger partial charge in [0.15, 0.2) is 0 Å². The number of benzene rings is 2. The predicted molar refractivity (Wildman–Crippen MR) is 102 cm³/mol. The zero-order valence-corrected chi connectivity index (χ0v) is 14.7. The second-order valence-corrected chi connectivity index (χ2v) is 7.21. The lowest BCUT2D eigenvalue weighted by atomic mass is 9.91. The van der Waals surface area contributed by atoms with Crippen molar-refractivity contribution in [1.82, 2.24) is 9.80 Å². The van der Waals surface area contributed by atoms with Crippen LogP contribution in [0, 0.1) is 0 Å². The summed E-state index contributed by atoms with van der Waals surface area (Å²) >= 11 is 0. The van der Waals surface area contributed by atoms with Gasteiger partial charge < -0.3 is 4.90 Å². The Morgan fingerprint density at radius 2 is 1.48 bits per heavy atom. The third kappa shape index (κ3) is 3.62. The van der Waals surface area contributed by atoms with Crippen LogP contribution in [0.25, 0.3) is 11.1 Å². The molecule has 3 nitrogen and oxygen atoms in total. The largest absolute Gasteiger partial charge is 0.337 e. The van der Waals surface area contributed by atoms with Gasteiger partial charge in [0.05, 0.1) is 0 Å². The third-order valence-electron chi connectivity index (χ3n) is 5.65. The molecule has 0 aromatic heterocycles. The molecule has 130 valence electrons. The van der Waals surface area contributed by atoms with Gasteiger partial charge >= 0.3 is 0 Å². The molecule has 2 aromatic rings. The SMILES string of the molecule is O=C(c1ccc(-c2ccccc2)cc1)N1CCCN(C2CCC2)CC1. The van der Waals surface area contributed by atoms with E-state index in [1.54, 1.807) is 0 Å². The summed E-state index contributed by atoms with van der Waals surface area (Å²) in [6.07, 6.45) is 5.14. The van der Waals surface area contributed by atoms with E-state index < -0.39 is 0 Å². The van der Waals surface area contributed by atoms with Gasteiger partial charge in [-0.25, -0.2) is 0 Å². The summed E-state index contributed by atoms with van der Waals surface area (Å²) in [6, 6.07) is 19.1. The Kier molecular flexibility index (Phi) is 4.84. The molecule has 2 fully saturated rings. The average Bonchev–Trinajstić information content (AvgIpc) is 2.87. The molecule has 0 bridgehead atoms. The number of hydrogen-bond donors (Lipinski definition) is 0. The summed E-state index contributed by atoms with van der Waals surface area (Å²) < 4.78 is 0. The van der Waals surface area contributed by atoms with E-state index in [-0.39, 0.29) is 5.91 Å². The molecule has 1 saturated carbocycles. The molecule has 1 amide bonds. The molecular formula is C22H26N2O. The van der Waals surface area contributed by atoms with Crippen LogP contribution in [0.5, 0.6) is 0 Å². The number of amides is 1. The Bertz CT molecular complexity index is 707. The lowest BCUT2D eigenvalue weighted by Crippen LogP contribution is -2.42. The molecule has 2 aliphatic rings. The van der Waals surface area contributed by atoms with Crippen LogP contribution in [-0.4, -0.2) is 47.9 Å². The summed E-state index contributed by atoms with van der Waals surface area (Å²) in [6.45, 7) is 3.90. The van der Waals surface area contributed by atoms with E-state index in [2.05, 4.69) is 29.2 Å². The number of rotatable bonds is 3. The van der Waals surface area contributed by atoms with Crippen molar-refractivity contribution in [2.24, 2.45) is 0 Å².